The summed E-state index contributed by atoms with van der Waals surface area (Å²) in [5.74, 6) is -0.665. The minimum Gasteiger partial charge on any atom is -0.481 e. The molecule has 0 spiro atoms. The first kappa shape index (κ1) is 13.3. The molecule has 1 saturated heterocycles. The summed E-state index contributed by atoms with van der Waals surface area (Å²) in [6, 6.07) is 0. The maximum Gasteiger partial charge on any atom is 0.311 e. The van der Waals surface area contributed by atoms with Crippen LogP contribution in [0.15, 0.2) is 5.38 Å². The lowest BCUT2D eigenvalue weighted by atomic mass is 9.78. The van der Waals surface area contributed by atoms with E-state index in [0.717, 1.165) is 36.6 Å². The molecule has 5 heteroatoms. The van der Waals surface area contributed by atoms with Crippen LogP contribution in [0.2, 0.25) is 0 Å². The quantitative estimate of drug-likeness (QED) is 0.912. The van der Waals surface area contributed by atoms with E-state index in [9.17, 15) is 9.90 Å². The molecule has 0 saturated carbocycles. The topological polar surface area (TPSA) is 53.4 Å². The molecule has 18 heavy (non-hydrogen) atoms. The highest BCUT2D eigenvalue weighted by atomic mass is 32.1. The van der Waals surface area contributed by atoms with Crippen molar-refractivity contribution in [3.63, 3.8) is 0 Å². The zero-order valence-electron chi connectivity index (χ0n) is 11.0. The molecular formula is C13H20N2O2S. The Morgan fingerprint density at radius 1 is 1.61 bits per heavy atom. The van der Waals surface area contributed by atoms with E-state index in [-0.39, 0.29) is 0 Å². The Balaban J connectivity index is 2.17. The fourth-order valence-corrected chi connectivity index (χ4v) is 3.45. The van der Waals surface area contributed by atoms with E-state index in [1.807, 2.05) is 6.92 Å². The SMILES string of the molecule is CCc1csc(N2CCCC(CC)(C(=O)O)C2)n1. The number of piperidine rings is 1. The van der Waals surface area contributed by atoms with Crippen molar-refractivity contribution in [2.45, 2.75) is 39.5 Å². The van der Waals surface area contributed by atoms with Crippen LogP contribution >= 0.6 is 11.3 Å². The van der Waals surface area contributed by atoms with Gasteiger partial charge in [-0.25, -0.2) is 4.98 Å². The third-order valence-corrected chi connectivity index (χ3v) is 4.83. The van der Waals surface area contributed by atoms with Gasteiger partial charge in [-0.05, 0) is 25.7 Å². The summed E-state index contributed by atoms with van der Waals surface area (Å²) >= 11 is 1.63. The van der Waals surface area contributed by atoms with E-state index >= 15 is 0 Å². The predicted octanol–water partition coefficient (Wildman–Crippen LogP) is 2.79. The van der Waals surface area contributed by atoms with Crippen molar-refractivity contribution < 1.29 is 9.90 Å². The van der Waals surface area contributed by atoms with Gasteiger partial charge in [0.05, 0.1) is 11.1 Å². The monoisotopic (exact) mass is 268 g/mol. The molecule has 2 heterocycles. The van der Waals surface area contributed by atoms with Crippen molar-refractivity contribution in [1.82, 2.24) is 4.98 Å². The molecule has 0 amide bonds. The highest BCUT2D eigenvalue weighted by molar-refractivity contribution is 7.13. The molecule has 1 aromatic heterocycles. The minimum atomic E-state index is -0.665. The fourth-order valence-electron chi connectivity index (χ4n) is 2.51. The van der Waals surface area contributed by atoms with Crippen LogP contribution in [-0.4, -0.2) is 29.1 Å². The number of aryl methyl sites for hydroxylation is 1. The van der Waals surface area contributed by atoms with E-state index in [4.69, 9.17) is 0 Å². The van der Waals surface area contributed by atoms with Crippen LogP contribution in [0.4, 0.5) is 5.13 Å². The summed E-state index contributed by atoms with van der Waals surface area (Å²) in [5.41, 5.74) is 0.508. The average Bonchev–Trinajstić information content (AvgIpc) is 2.87. The summed E-state index contributed by atoms with van der Waals surface area (Å²) in [7, 11) is 0. The Morgan fingerprint density at radius 2 is 2.39 bits per heavy atom. The number of carboxylic acid groups (broad SMARTS) is 1. The normalized spacial score (nSPS) is 24.2. The van der Waals surface area contributed by atoms with Crippen LogP contribution in [0, 0.1) is 5.41 Å². The maximum atomic E-state index is 11.5. The molecule has 1 aliphatic rings. The summed E-state index contributed by atoms with van der Waals surface area (Å²) in [4.78, 5) is 18.2. The van der Waals surface area contributed by atoms with Gasteiger partial charge in [-0.3, -0.25) is 4.79 Å². The van der Waals surface area contributed by atoms with Gasteiger partial charge in [0.25, 0.3) is 0 Å². The number of nitrogens with zero attached hydrogens (tertiary/aromatic N) is 2. The number of rotatable bonds is 4. The smallest absolute Gasteiger partial charge is 0.311 e. The van der Waals surface area contributed by atoms with E-state index < -0.39 is 11.4 Å². The van der Waals surface area contributed by atoms with Crippen LogP contribution < -0.4 is 4.90 Å². The third kappa shape index (κ3) is 2.36. The van der Waals surface area contributed by atoms with Crippen molar-refractivity contribution in [2.75, 3.05) is 18.0 Å². The average molecular weight is 268 g/mol. The highest BCUT2D eigenvalue weighted by Crippen LogP contribution is 2.36. The fraction of sp³-hybridized carbons (Fsp3) is 0.692. The van der Waals surface area contributed by atoms with Gasteiger partial charge < -0.3 is 10.0 Å². The summed E-state index contributed by atoms with van der Waals surface area (Å²) in [6.07, 6.45) is 3.33. The Labute approximate surface area is 112 Å². The summed E-state index contributed by atoms with van der Waals surface area (Å²) < 4.78 is 0. The van der Waals surface area contributed by atoms with Gasteiger partial charge in [0.15, 0.2) is 5.13 Å². The lowest BCUT2D eigenvalue weighted by molar-refractivity contribution is -0.149. The van der Waals surface area contributed by atoms with E-state index in [0.29, 0.717) is 13.0 Å². The number of hydrogen-bond acceptors (Lipinski definition) is 4. The first-order valence-electron chi connectivity index (χ1n) is 6.54. The number of carbonyl (C=O) groups is 1. The van der Waals surface area contributed by atoms with Gasteiger partial charge in [-0.15, -0.1) is 11.3 Å². The van der Waals surface area contributed by atoms with E-state index in [2.05, 4.69) is 22.2 Å². The molecule has 1 unspecified atom stereocenters. The van der Waals surface area contributed by atoms with E-state index in [1.165, 1.54) is 0 Å². The van der Waals surface area contributed by atoms with Gasteiger partial charge in [-0.1, -0.05) is 13.8 Å². The number of hydrogen-bond donors (Lipinski definition) is 1. The Hall–Kier alpha value is -1.10. The molecule has 0 radical (unpaired) electrons. The van der Waals surface area contributed by atoms with Crippen LogP contribution in [0.1, 0.15) is 38.8 Å². The highest BCUT2D eigenvalue weighted by Gasteiger charge is 2.41. The van der Waals surface area contributed by atoms with Crippen molar-refractivity contribution >= 4 is 22.4 Å². The number of aliphatic carboxylic acids is 1. The molecule has 1 fully saturated rings. The second-order valence-corrected chi connectivity index (χ2v) is 5.78. The van der Waals surface area contributed by atoms with E-state index in [1.54, 1.807) is 11.3 Å². The van der Waals surface area contributed by atoms with Crippen LogP contribution in [0.5, 0.6) is 0 Å². The number of thiazole rings is 1. The van der Waals surface area contributed by atoms with Gasteiger partial charge in [0.2, 0.25) is 0 Å². The van der Waals surface area contributed by atoms with Crippen LogP contribution in [0.3, 0.4) is 0 Å². The number of carboxylic acids is 1. The summed E-state index contributed by atoms with van der Waals surface area (Å²) in [6.45, 7) is 5.57. The minimum absolute atomic E-state index is 0.587. The van der Waals surface area contributed by atoms with Crippen LogP contribution in [-0.2, 0) is 11.2 Å². The Kier molecular flexibility index (Phi) is 3.90. The molecule has 1 aromatic rings. The van der Waals surface area contributed by atoms with Crippen molar-refractivity contribution in [3.8, 4) is 0 Å². The van der Waals surface area contributed by atoms with Crippen molar-refractivity contribution in [1.29, 1.82) is 0 Å². The van der Waals surface area contributed by atoms with Crippen molar-refractivity contribution in [3.05, 3.63) is 11.1 Å². The molecule has 2 rings (SSSR count). The van der Waals surface area contributed by atoms with Gasteiger partial charge in [-0.2, -0.15) is 0 Å². The summed E-state index contributed by atoms with van der Waals surface area (Å²) in [5, 5.41) is 12.5. The maximum absolute atomic E-state index is 11.5. The molecule has 0 aromatic carbocycles. The lowest BCUT2D eigenvalue weighted by Crippen LogP contribution is -2.47. The lowest BCUT2D eigenvalue weighted by Gasteiger charge is -2.39. The molecule has 1 aliphatic heterocycles. The van der Waals surface area contributed by atoms with Crippen molar-refractivity contribution in [2.24, 2.45) is 5.41 Å². The van der Waals surface area contributed by atoms with Gasteiger partial charge in [0, 0.05) is 18.5 Å². The standard InChI is InChI=1S/C13H20N2O2S/c1-3-10-8-18-12(14-10)15-7-5-6-13(4-2,9-15)11(16)17/h8H,3-7,9H2,1-2H3,(H,16,17). The van der Waals surface area contributed by atoms with Gasteiger partial charge in [0.1, 0.15) is 0 Å². The first-order valence-corrected chi connectivity index (χ1v) is 7.42. The second-order valence-electron chi connectivity index (χ2n) is 4.94. The number of anilines is 1. The molecule has 0 bridgehead atoms. The third-order valence-electron chi connectivity index (χ3n) is 3.88. The Morgan fingerprint density at radius 3 is 2.94 bits per heavy atom. The second kappa shape index (κ2) is 5.26. The molecule has 0 aliphatic carbocycles. The zero-order chi connectivity index (χ0) is 13.2. The number of aromatic nitrogens is 1. The molecular weight excluding hydrogens is 248 g/mol. The molecule has 100 valence electrons. The largest absolute Gasteiger partial charge is 0.481 e. The Bertz CT molecular complexity index is 432. The molecule has 1 atom stereocenters. The first-order chi connectivity index (χ1) is 8.61. The molecule has 4 nitrogen and oxygen atoms in total. The zero-order valence-corrected chi connectivity index (χ0v) is 11.8. The predicted molar refractivity (Wildman–Crippen MR) is 73.3 cm³/mol. The van der Waals surface area contributed by atoms with Crippen LogP contribution in [0.25, 0.3) is 0 Å². The molecule has 1 N–H and O–H groups in total. The van der Waals surface area contributed by atoms with Gasteiger partial charge >= 0.3 is 5.97 Å².